The van der Waals surface area contributed by atoms with Gasteiger partial charge in [0.1, 0.15) is 24.6 Å². The Kier molecular flexibility index (Phi) is 4.98. The molecule has 0 bridgehead atoms. The lowest BCUT2D eigenvalue weighted by molar-refractivity contribution is -0.159. The van der Waals surface area contributed by atoms with Gasteiger partial charge < -0.3 is 18.9 Å². The first kappa shape index (κ1) is 15.9. The Bertz CT molecular complexity index is 480. The van der Waals surface area contributed by atoms with Gasteiger partial charge in [-0.25, -0.2) is 0 Å². The van der Waals surface area contributed by atoms with Gasteiger partial charge in [0.2, 0.25) is 0 Å². The van der Waals surface area contributed by atoms with E-state index < -0.39 is 5.79 Å². The number of Topliss-reactive ketones (excluding diaryl/α,β-unsaturated/α-hetero) is 1. The lowest BCUT2D eigenvalue weighted by Crippen LogP contribution is -2.28. The number of hydrogen-bond donors (Lipinski definition) is 0. The summed E-state index contributed by atoms with van der Waals surface area (Å²) in [5.41, 5.74) is 0.934. The summed E-state index contributed by atoms with van der Waals surface area (Å²) in [6, 6.07) is 7.55. The first-order chi connectivity index (χ1) is 9.91. The van der Waals surface area contributed by atoms with Crippen molar-refractivity contribution in [3.8, 4) is 5.75 Å². The monoisotopic (exact) mass is 294 g/mol. The lowest BCUT2D eigenvalue weighted by atomic mass is 10.0. The summed E-state index contributed by atoms with van der Waals surface area (Å²) < 4.78 is 22.4. The molecule has 0 N–H and O–H groups in total. The van der Waals surface area contributed by atoms with Crippen LogP contribution in [0.5, 0.6) is 5.75 Å². The van der Waals surface area contributed by atoms with Gasteiger partial charge in [0, 0.05) is 0 Å². The zero-order chi connectivity index (χ0) is 15.5. The molecule has 1 aliphatic heterocycles. The molecule has 1 aromatic carbocycles. The molecular weight excluding hydrogens is 272 g/mol. The summed E-state index contributed by atoms with van der Waals surface area (Å²) in [4.78, 5) is 11.2. The van der Waals surface area contributed by atoms with E-state index in [0.717, 1.165) is 11.3 Å². The Balaban J connectivity index is 2.16. The molecule has 1 aliphatic rings. The van der Waals surface area contributed by atoms with E-state index in [1.165, 1.54) is 6.92 Å². The van der Waals surface area contributed by atoms with E-state index in [1.807, 2.05) is 38.1 Å². The zero-order valence-corrected chi connectivity index (χ0v) is 12.9. The molecule has 1 saturated heterocycles. The molecule has 0 aromatic heterocycles. The quantitative estimate of drug-likeness (QED) is 0.807. The summed E-state index contributed by atoms with van der Waals surface area (Å²) in [6.45, 7) is 5.71. The molecule has 2 rings (SSSR count). The highest BCUT2D eigenvalue weighted by molar-refractivity contribution is 5.76. The van der Waals surface area contributed by atoms with Gasteiger partial charge in [-0.05, 0) is 38.5 Å². The minimum absolute atomic E-state index is 0.0216. The molecule has 2 atom stereocenters. The van der Waals surface area contributed by atoms with Gasteiger partial charge in [0.05, 0.1) is 13.7 Å². The average Bonchev–Trinajstić information content (AvgIpc) is 2.79. The summed E-state index contributed by atoms with van der Waals surface area (Å²) >= 11 is 0. The van der Waals surface area contributed by atoms with Crippen LogP contribution >= 0.6 is 0 Å². The van der Waals surface area contributed by atoms with Crippen molar-refractivity contribution in [2.24, 2.45) is 0 Å². The van der Waals surface area contributed by atoms with E-state index in [2.05, 4.69) is 0 Å². The lowest BCUT2D eigenvalue weighted by Gasteiger charge is -2.24. The Morgan fingerprint density at radius 2 is 2.05 bits per heavy atom. The SMILES string of the molecule is COc1ccc([C@@H](OCC(C)=O)[C@H]2COC(C)(C)O2)cc1. The molecular formula is C16H22O5. The number of ether oxygens (including phenoxy) is 4. The summed E-state index contributed by atoms with van der Waals surface area (Å²) in [5, 5.41) is 0. The Morgan fingerprint density at radius 3 is 2.52 bits per heavy atom. The molecule has 5 heteroatoms. The third-order valence-corrected chi connectivity index (χ3v) is 3.28. The number of rotatable bonds is 6. The first-order valence-electron chi connectivity index (χ1n) is 6.98. The van der Waals surface area contributed by atoms with Crippen molar-refractivity contribution in [2.45, 2.75) is 38.8 Å². The first-order valence-corrected chi connectivity index (χ1v) is 6.98. The molecule has 1 fully saturated rings. The van der Waals surface area contributed by atoms with Crippen molar-refractivity contribution >= 4 is 5.78 Å². The van der Waals surface area contributed by atoms with Crippen molar-refractivity contribution in [1.29, 1.82) is 0 Å². The van der Waals surface area contributed by atoms with Crippen LogP contribution in [-0.4, -0.2) is 38.0 Å². The third kappa shape index (κ3) is 4.27. The second-order valence-corrected chi connectivity index (χ2v) is 5.57. The number of benzene rings is 1. The maximum absolute atomic E-state index is 11.2. The van der Waals surface area contributed by atoms with E-state index in [-0.39, 0.29) is 24.6 Å². The Labute approximate surface area is 125 Å². The second kappa shape index (κ2) is 6.56. The number of methoxy groups -OCH3 is 1. The molecule has 0 unspecified atom stereocenters. The molecule has 0 aliphatic carbocycles. The summed E-state index contributed by atoms with van der Waals surface area (Å²) in [7, 11) is 1.62. The van der Waals surface area contributed by atoms with Crippen LogP contribution in [0.4, 0.5) is 0 Å². The van der Waals surface area contributed by atoms with Gasteiger partial charge in [0.25, 0.3) is 0 Å². The average molecular weight is 294 g/mol. The van der Waals surface area contributed by atoms with Gasteiger partial charge in [0.15, 0.2) is 11.6 Å². The van der Waals surface area contributed by atoms with Crippen LogP contribution in [0.1, 0.15) is 32.4 Å². The van der Waals surface area contributed by atoms with E-state index in [9.17, 15) is 4.79 Å². The fraction of sp³-hybridized carbons (Fsp3) is 0.562. The third-order valence-electron chi connectivity index (χ3n) is 3.28. The van der Waals surface area contributed by atoms with Crippen molar-refractivity contribution in [3.63, 3.8) is 0 Å². The molecule has 0 amide bonds. The van der Waals surface area contributed by atoms with Gasteiger partial charge in [-0.2, -0.15) is 0 Å². The number of hydrogen-bond acceptors (Lipinski definition) is 5. The molecule has 5 nitrogen and oxygen atoms in total. The molecule has 0 saturated carbocycles. The van der Waals surface area contributed by atoms with Crippen LogP contribution < -0.4 is 4.74 Å². The van der Waals surface area contributed by atoms with Gasteiger partial charge in [-0.15, -0.1) is 0 Å². The fourth-order valence-corrected chi connectivity index (χ4v) is 2.28. The van der Waals surface area contributed by atoms with E-state index in [4.69, 9.17) is 18.9 Å². The Morgan fingerprint density at radius 1 is 1.38 bits per heavy atom. The molecule has 1 heterocycles. The van der Waals surface area contributed by atoms with Crippen molar-refractivity contribution in [1.82, 2.24) is 0 Å². The molecule has 0 radical (unpaired) electrons. The van der Waals surface area contributed by atoms with Crippen LogP contribution in [0.15, 0.2) is 24.3 Å². The molecule has 116 valence electrons. The van der Waals surface area contributed by atoms with E-state index >= 15 is 0 Å². The predicted molar refractivity (Wildman–Crippen MR) is 77.3 cm³/mol. The number of carbonyl (C=O) groups is 1. The van der Waals surface area contributed by atoms with E-state index in [1.54, 1.807) is 7.11 Å². The van der Waals surface area contributed by atoms with Gasteiger partial charge in [-0.3, -0.25) is 4.79 Å². The van der Waals surface area contributed by atoms with Crippen LogP contribution in [0.3, 0.4) is 0 Å². The maximum Gasteiger partial charge on any atom is 0.163 e. The second-order valence-electron chi connectivity index (χ2n) is 5.57. The fourth-order valence-electron chi connectivity index (χ4n) is 2.28. The maximum atomic E-state index is 11.2. The number of carbonyl (C=O) groups excluding carboxylic acids is 1. The molecule has 0 spiro atoms. The van der Waals surface area contributed by atoms with Gasteiger partial charge >= 0.3 is 0 Å². The highest BCUT2D eigenvalue weighted by Gasteiger charge is 2.38. The van der Waals surface area contributed by atoms with Crippen LogP contribution in [0.25, 0.3) is 0 Å². The van der Waals surface area contributed by atoms with Crippen LogP contribution in [0.2, 0.25) is 0 Å². The predicted octanol–water partition coefficient (Wildman–Crippen LogP) is 2.49. The Hall–Kier alpha value is -1.43. The highest BCUT2D eigenvalue weighted by atomic mass is 16.7. The van der Waals surface area contributed by atoms with Crippen molar-refractivity contribution in [2.75, 3.05) is 20.3 Å². The molecule has 1 aromatic rings. The summed E-state index contributed by atoms with van der Waals surface area (Å²) in [6.07, 6.45) is -0.589. The normalized spacial score (nSPS) is 22.0. The minimum Gasteiger partial charge on any atom is -0.497 e. The van der Waals surface area contributed by atoms with E-state index in [0.29, 0.717) is 6.61 Å². The van der Waals surface area contributed by atoms with Gasteiger partial charge in [-0.1, -0.05) is 12.1 Å². The van der Waals surface area contributed by atoms with Crippen LogP contribution in [-0.2, 0) is 19.0 Å². The van der Waals surface area contributed by atoms with Crippen LogP contribution in [0, 0.1) is 0 Å². The standard InChI is InChI=1S/C16H22O5/c1-11(17)9-19-15(14-10-20-16(2,3)21-14)12-5-7-13(18-4)8-6-12/h5-8,14-15H,9-10H2,1-4H3/t14-,15-/m1/s1. The smallest absolute Gasteiger partial charge is 0.163 e. The highest BCUT2D eigenvalue weighted by Crippen LogP contribution is 2.33. The minimum atomic E-state index is -0.630. The largest absolute Gasteiger partial charge is 0.497 e. The van der Waals surface area contributed by atoms with Crippen molar-refractivity contribution in [3.05, 3.63) is 29.8 Å². The number of ketones is 1. The summed E-state index contributed by atoms with van der Waals surface area (Å²) in [5.74, 6) is 0.120. The molecule has 21 heavy (non-hydrogen) atoms. The topological polar surface area (TPSA) is 54.0 Å². The zero-order valence-electron chi connectivity index (χ0n) is 12.9. The van der Waals surface area contributed by atoms with Crippen molar-refractivity contribution < 1.29 is 23.7 Å².